The van der Waals surface area contributed by atoms with Gasteiger partial charge in [0.15, 0.2) is 5.78 Å². The smallest absolute Gasteiger partial charge is 0.238 e. The summed E-state index contributed by atoms with van der Waals surface area (Å²) in [5.41, 5.74) is 1.75. The van der Waals surface area contributed by atoms with E-state index in [1.54, 1.807) is 24.3 Å². The van der Waals surface area contributed by atoms with Crippen molar-refractivity contribution in [1.82, 2.24) is 4.90 Å². The molecule has 2 aliphatic carbocycles. The number of nitrogens with zero attached hydrogens (tertiary/aromatic N) is 1. The maximum Gasteiger partial charge on any atom is 0.238 e. The Hall–Kier alpha value is -2.46. The topological polar surface area (TPSA) is 49.4 Å². The third-order valence-corrected chi connectivity index (χ3v) is 5.08. The van der Waals surface area contributed by atoms with Crippen molar-refractivity contribution in [3.63, 3.8) is 0 Å². The Morgan fingerprint density at radius 1 is 0.923 bits per heavy atom. The molecule has 4 rings (SSSR count). The van der Waals surface area contributed by atoms with Gasteiger partial charge in [0.2, 0.25) is 5.91 Å². The molecule has 0 heterocycles. The monoisotopic (exact) mass is 348 g/mol. The molecule has 0 aromatic heterocycles. The highest BCUT2D eigenvalue weighted by atomic mass is 16.2. The van der Waals surface area contributed by atoms with E-state index < -0.39 is 0 Å². The molecule has 0 bridgehead atoms. The van der Waals surface area contributed by atoms with Crippen LogP contribution in [0.5, 0.6) is 0 Å². The van der Waals surface area contributed by atoms with Crippen molar-refractivity contribution in [3.8, 4) is 0 Å². The minimum atomic E-state index is -0.0708. The van der Waals surface area contributed by atoms with Crippen LogP contribution in [0.2, 0.25) is 0 Å². The molecule has 0 spiro atoms. The zero-order chi connectivity index (χ0) is 17.9. The highest BCUT2D eigenvalue weighted by Crippen LogP contribution is 2.34. The van der Waals surface area contributed by atoms with Crippen LogP contribution in [0.25, 0.3) is 0 Å². The number of ketones is 1. The molecule has 4 nitrogen and oxygen atoms in total. The van der Waals surface area contributed by atoms with E-state index in [1.807, 2.05) is 30.3 Å². The van der Waals surface area contributed by atoms with Crippen LogP contribution < -0.4 is 5.32 Å². The van der Waals surface area contributed by atoms with Gasteiger partial charge in [-0.3, -0.25) is 14.5 Å². The van der Waals surface area contributed by atoms with Gasteiger partial charge < -0.3 is 5.32 Å². The van der Waals surface area contributed by atoms with E-state index >= 15 is 0 Å². The summed E-state index contributed by atoms with van der Waals surface area (Å²) < 4.78 is 0. The molecular weight excluding hydrogens is 324 g/mol. The van der Waals surface area contributed by atoms with Gasteiger partial charge in [-0.25, -0.2) is 0 Å². The first-order valence-electron chi connectivity index (χ1n) is 9.43. The number of para-hydroxylation sites is 1. The molecule has 2 fully saturated rings. The minimum Gasteiger partial charge on any atom is -0.324 e. The Morgan fingerprint density at radius 2 is 1.62 bits per heavy atom. The third kappa shape index (κ3) is 4.20. The van der Waals surface area contributed by atoms with Crippen LogP contribution in [0.4, 0.5) is 5.69 Å². The summed E-state index contributed by atoms with van der Waals surface area (Å²) in [5.74, 6) is 0.666. The van der Waals surface area contributed by atoms with Gasteiger partial charge in [-0.1, -0.05) is 42.5 Å². The Bertz CT molecular complexity index is 795. The van der Waals surface area contributed by atoms with Crippen LogP contribution in [0.1, 0.15) is 41.6 Å². The fourth-order valence-corrected chi connectivity index (χ4v) is 3.32. The fraction of sp³-hybridized carbons (Fsp3) is 0.364. The standard InChI is InChI=1S/C22H24N2O2/c25-21(15-24(18-12-13-18)14-16-10-11-16)23-20-9-5-4-8-19(20)22(26)17-6-2-1-3-7-17/h1-9,16,18H,10-15H2,(H,23,25). The summed E-state index contributed by atoms with van der Waals surface area (Å²) in [5, 5.41) is 2.97. The fourth-order valence-electron chi connectivity index (χ4n) is 3.32. The summed E-state index contributed by atoms with van der Waals surface area (Å²) in [6.45, 7) is 1.44. The van der Waals surface area contributed by atoms with Gasteiger partial charge in [0.05, 0.1) is 12.2 Å². The lowest BCUT2D eigenvalue weighted by atomic mass is 10.0. The van der Waals surface area contributed by atoms with Crippen molar-refractivity contribution in [2.75, 3.05) is 18.4 Å². The maximum absolute atomic E-state index is 12.8. The third-order valence-electron chi connectivity index (χ3n) is 5.08. The predicted octanol–water partition coefficient (Wildman–Crippen LogP) is 3.73. The Balaban J connectivity index is 1.45. The van der Waals surface area contributed by atoms with Gasteiger partial charge in [-0.15, -0.1) is 0 Å². The van der Waals surface area contributed by atoms with Gasteiger partial charge in [-0.05, 0) is 43.7 Å². The van der Waals surface area contributed by atoms with Gasteiger partial charge in [0, 0.05) is 23.7 Å². The molecule has 0 saturated heterocycles. The lowest BCUT2D eigenvalue weighted by Gasteiger charge is -2.21. The summed E-state index contributed by atoms with van der Waals surface area (Å²) in [4.78, 5) is 27.7. The average Bonchev–Trinajstić information content (AvgIpc) is 3.55. The highest BCUT2D eigenvalue weighted by Gasteiger charge is 2.34. The first-order chi connectivity index (χ1) is 12.7. The van der Waals surface area contributed by atoms with Gasteiger partial charge in [0.1, 0.15) is 0 Å². The summed E-state index contributed by atoms with van der Waals surface area (Å²) >= 11 is 0. The molecule has 2 aromatic carbocycles. The first kappa shape index (κ1) is 17.0. The van der Waals surface area contributed by atoms with E-state index in [-0.39, 0.29) is 11.7 Å². The number of benzene rings is 2. The molecule has 134 valence electrons. The Morgan fingerprint density at radius 3 is 2.31 bits per heavy atom. The van der Waals surface area contributed by atoms with Crippen molar-refractivity contribution in [2.45, 2.75) is 31.7 Å². The maximum atomic E-state index is 12.8. The van der Waals surface area contributed by atoms with E-state index in [9.17, 15) is 9.59 Å². The van der Waals surface area contributed by atoms with Crippen molar-refractivity contribution >= 4 is 17.4 Å². The molecule has 2 saturated carbocycles. The number of carbonyl (C=O) groups excluding carboxylic acids is 2. The normalized spacial score (nSPS) is 16.5. The second-order valence-electron chi connectivity index (χ2n) is 7.39. The number of carbonyl (C=O) groups is 2. The van der Waals surface area contributed by atoms with Crippen molar-refractivity contribution in [1.29, 1.82) is 0 Å². The van der Waals surface area contributed by atoms with Crippen LogP contribution in [-0.4, -0.2) is 35.7 Å². The zero-order valence-electron chi connectivity index (χ0n) is 14.9. The number of rotatable bonds is 8. The number of amides is 1. The van der Waals surface area contributed by atoms with Crippen molar-refractivity contribution in [3.05, 3.63) is 65.7 Å². The van der Waals surface area contributed by atoms with E-state index in [4.69, 9.17) is 0 Å². The quantitative estimate of drug-likeness (QED) is 0.740. The van der Waals surface area contributed by atoms with Gasteiger partial charge >= 0.3 is 0 Å². The average molecular weight is 348 g/mol. The first-order valence-corrected chi connectivity index (χ1v) is 9.43. The minimum absolute atomic E-state index is 0.0362. The molecule has 2 aliphatic rings. The molecule has 0 unspecified atom stereocenters. The van der Waals surface area contributed by atoms with Crippen LogP contribution in [0, 0.1) is 5.92 Å². The molecule has 0 radical (unpaired) electrons. The second-order valence-corrected chi connectivity index (χ2v) is 7.39. The Kier molecular flexibility index (Phi) is 4.85. The van der Waals surface area contributed by atoms with Gasteiger partial charge in [-0.2, -0.15) is 0 Å². The largest absolute Gasteiger partial charge is 0.324 e. The van der Waals surface area contributed by atoms with Crippen LogP contribution in [-0.2, 0) is 4.79 Å². The zero-order valence-corrected chi connectivity index (χ0v) is 14.9. The highest BCUT2D eigenvalue weighted by molar-refractivity contribution is 6.13. The molecule has 0 aliphatic heterocycles. The van der Waals surface area contributed by atoms with E-state index in [0.29, 0.717) is 29.4 Å². The molecule has 0 atom stereocenters. The molecular formula is C22H24N2O2. The van der Waals surface area contributed by atoms with E-state index in [2.05, 4.69) is 10.2 Å². The number of hydrogen-bond acceptors (Lipinski definition) is 3. The molecule has 1 amide bonds. The van der Waals surface area contributed by atoms with Crippen molar-refractivity contribution < 1.29 is 9.59 Å². The SMILES string of the molecule is O=C(CN(CC1CC1)C1CC1)Nc1ccccc1C(=O)c1ccccc1. The molecule has 26 heavy (non-hydrogen) atoms. The lowest BCUT2D eigenvalue weighted by Crippen LogP contribution is -2.36. The van der Waals surface area contributed by atoms with Gasteiger partial charge in [0.25, 0.3) is 0 Å². The summed E-state index contributed by atoms with van der Waals surface area (Å²) in [7, 11) is 0. The molecule has 2 aromatic rings. The van der Waals surface area contributed by atoms with E-state index in [0.717, 1.165) is 12.5 Å². The number of nitrogens with one attached hydrogen (secondary N) is 1. The number of hydrogen-bond donors (Lipinski definition) is 1. The lowest BCUT2D eigenvalue weighted by molar-refractivity contribution is -0.117. The number of anilines is 1. The predicted molar refractivity (Wildman–Crippen MR) is 102 cm³/mol. The van der Waals surface area contributed by atoms with Crippen LogP contribution >= 0.6 is 0 Å². The molecule has 4 heteroatoms. The van der Waals surface area contributed by atoms with Crippen molar-refractivity contribution in [2.24, 2.45) is 5.92 Å². The summed E-state index contributed by atoms with van der Waals surface area (Å²) in [6.07, 6.45) is 4.98. The Labute approximate surface area is 154 Å². The molecule has 1 N–H and O–H groups in total. The second kappa shape index (κ2) is 7.42. The summed E-state index contributed by atoms with van der Waals surface area (Å²) in [6, 6.07) is 17.0. The van der Waals surface area contributed by atoms with Crippen LogP contribution in [0.15, 0.2) is 54.6 Å². The van der Waals surface area contributed by atoms with E-state index in [1.165, 1.54) is 25.7 Å². The van der Waals surface area contributed by atoms with Crippen LogP contribution in [0.3, 0.4) is 0 Å².